The van der Waals surface area contributed by atoms with E-state index in [9.17, 15) is 9.59 Å². The van der Waals surface area contributed by atoms with Crippen molar-refractivity contribution in [3.05, 3.63) is 58.2 Å². The van der Waals surface area contributed by atoms with E-state index in [2.05, 4.69) is 10.3 Å². The van der Waals surface area contributed by atoms with Crippen molar-refractivity contribution < 1.29 is 9.59 Å². The Morgan fingerprint density at radius 3 is 2.71 bits per heavy atom. The zero-order valence-corrected chi connectivity index (χ0v) is 12.1. The molecule has 0 aliphatic rings. The van der Waals surface area contributed by atoms with Gasteiger partial charge in [-0.05, 0) is 18.6 Å². The molecule has 2 amide bonds. The number of pyridine rings is 1. The molecule has 0 aliphatic carbocycles. The van der Waals surface area contributed by atoms with Gasteiger partial charge in [0.2, 0.25) is 11.8 Å². The van der Waals surface area contributed by atoms with Crippen molar-refractivity contribution in [2.45, 2.75) is 13.3 Å². The molecule has 0 saturated heterocycles. The van der Waals surface area contributed by atoms with E-state index in [1.165, 1.54) is 12.3 Å². The zero-order valence-electron chi connectivity index (χ0n) is 11.4. The van der Waals surface area contributed by atoms with Crippen LogP contribution in [-0.4, -0.2) is 16.8 Å². The average Bonchev–Trinajstić information content (AvgIpc) is 2.40. The number of nitrogens with zero attached hydrogens (tertiary/aromatic N) is 1. The van der Waals surface area contributed by atoms with Crippen LogP contribution in [-0.2, 0) is 11.2 Å². The minimum atomic E-state index is -0.623. The van der Waals surface area contributed by atoms with Gasteiger partial charge in [-0.15, -0.1) is 0 Å². The van der Waals surface area contributed by atoms with E-state index in [1.54, 1.807) is 0 Å². The molecule has 1 aromatic heterocycles. The molecule has 0 aliphatic heterocycles. The summed E-state index contributed by atoms with van der Waals surface area (Å²) in [4.78, 5) is 26.9. The first-order valence-electron chi connectivity index (χ1n) is 6.26. The molecule has 2 aromatic rings. The Bertz CT molecular complexity index is 701. The third kappa shape index (κ3) is 4.03. The summed E-state index contributed by atoms with van der Waals surface area (Å²) in [6.07, 6.45) is 1.49. The van der Waals surface area contributed by atoms with Crippen LogP contribution in [0.4, 0.5) is 5.82 Å². The number of benzene rings is 1. The highest BCUT2D eigenvalue weighted by Gasteiger charge is 2.10. The molecular formula is C15H14ClN3O2. The lowest BCUT2D eigenvalue weighted by Crippen LogP contribution is -2.17. The lowest BCUT2D eigenvalue weighted by Gasteiger charge is -2.07. The molecule has 3 N–H and O–H groups in total. The molecule has 5 nitrogen and oxygen atoms in total. The highest BCUT2D eigenvalue weighted by Crippen LogP contribution is 2.20. The van der Waals surface area contributed by atoms with Gasteiger partial charge in [0.1, 0.15) is 0 Å². The number of nitrogens with one attached hydrogen (secondary N) is 1. The minimum absolute atomic E-state index is 0.170. The lowest BCUT2D eigenvalue weighted by atomic mass is 10.1. The highest BCUT2D eigenvalue weighted by atomic mass is 35.5. The van der Waals surface area contributed by atoms with Gasteiger partial charge in [0.05, 0.1) is 17.0 Å². The molecular weight excluding hydrogens is 290 g/mol. The van der Waals surface area contributed by atoms with Crippen LogP contribution in [0.3, 0.4) is 0 Å². The van der Waals surface area contributed by atoms with E-state index in [1.807, 2.05) is 31.2 Å². The van der Waals surface area contributed by atoms with Crippen LogP contribution >= 0.6 is 11.6 Å². The van der Waals surface area contributed by atoms with E-state index in [0.29, 0.717) is 0 Å². The Morgan fingerprint density at radius 2 is 2.10 bits per heavy atom. The van der Waals surface area contributed by atoms with E-state index in [4.69, 9.17) is 17.3 Å². The van der Waals surface area contributed by atoms with E-state index >= 15 is 0 Å². The predicted molar refractivity (Wildman–Crippen MR) is 81.3 cm³/mol. The monoisotopic (exact) mass is 303 g/mol. The molecule has 0 spiro atoms. The van der Waals surface area contributed by atoms with E-state index < -0.39 is 5.91 Å². The molecule has 6 heteroatoms. The van der Waals surface area contributed by atoms with E-state index in [0.717, 1.165) is 11.1 Å². The fourth-order valence-corrected chi connectivity index (χ4v) is 2.06. The van der Waals surface area contributed by atoms with Crippen molar-refractivity contribution in [2.24, 2.45) is 5.73 Å². The number of hydrogen-bond acceptors (Lipinski definition) is 3. The zero-order chi connectivity index (χ0) is 15.4. The summed E-state index contributed by atoms with van der Waals surface area (Å²) in [5, 5.41) is 2.78. The molecule has 21 heavy (non-hydrogen) atoms. The van der Waals surface area contributed by atoms with Gasteiger partial charge in [0.15, 0.2) is 5.82 Å². The number of nitrogens with two attached hydrogens (primary N) is 1. The number of carbonyl (C=O) groups excluding carboxylic acids is 2. The van der Waals surface area contributed by atoms with Gasteiger partial charge in [-0.2, -0.15) is 0 Å². The SMILES string of the molecule is Cc1cccc(CC(=O)Nc2ncc(C(N)=O)cc2Cl)c1. The molecule has 0 fully saturated rings. The Labute approximate surface area is 127 Å². The van der Waals surface area contributed by atoms with Gasteiger partial charge in [-0.3, -0.25) is 9.59 Å². The fraction of sp³-hybridized carbons (Fsp3) is 0.133. The molecule has 0 bridgehead atoms. The maximum Gasteiger partial charge on any atom is 0.250 e. The largest absolute Gasteiger partial charge is 0.366 e. The number of halogens is 1. The van der Waals surface area contributed by atoms with E-state index in [-0.39, 0.29) is 28.7 Å². The summed E-state index contributed by atoms with van der Waals surface area (Å²) in [5.74, 6) is -0.650. The first-order chi connectivity index (χ1) is 9.95. The molecule has 1 aromatic carbocycles. The number of anilines is 1. The normalized spacial score (nSPS) is 10.2. The molecule has 2 rings (SSSR count). The summed E-state index contributed by atoms with van der Waals surface area (Å²) in [5.41, 5.74) is 7.30. The smallest absolute Gasteiger partial charge is 0.250 e. The molecule has 108 valence electrons. The van der Waals surface area contributed by atoms with Gasteiger partial charge < -0.3 is 11.1 Å². The number of aromatic nitrogens is 1. The molecule has 1 heterocycles. The maximum atomic E-state index is 12.0. The predicted octanol–water partition coefficient (Wildman–Crippen LogP) is 2.32. The second kappa shape index (κ2) is 6.37. The summed E-state index contributed by atoms with van der Waals surface area (Å²) in [6, 6.07) is 9.04. The van der Waals surface area contributed by atoms with Crippen molar-refractivity contribution >= 4 is 29.2 Å². The molecule has 0 unspecified atom stereocenters. The Balaban J connectivity index is 2.08. The minimum Gasteiger partial charge on any atom is -0.366 e. The van der Waals surface area contributed by atoms with Crippen molar-refractivity contribution in [3.8, 4) is 0 Å². The summed E-state index contributed by atoms with van der Waals surface area (Å²) in [6.45, 7) is 1.96. The van der Waals surface area contributed by atoms with Crippen LogP contribution in [0.1, 0.15) is 21.5 Å². The van der Waals surface area contributed by atoms with Crippen molar-refractivity contribution in [1.82, 2.24) is 4.98 Å². The summed E-state index contributed by atoms with van der Waals surface area (Å²) in [7, 11) is 0. The number of rotatable bonds is 4. The third-order valence-electron chi connectivity index (χ3n) is 2.83. The van der Waals surface area contributed by atoms with Gasteiger partial charge in [-0.1, -0.05) is 41.4 Å². The Morgan fingerprint density at radius 1 is 1.33 bits per heavy atom. The van der Waals surface area contributed by atoms with Crippen molar-refractivity contribution in [3.63, 3.8) is 0 Å². The average molecular weight is 304 g/mol. The highest BCUT2D eigenvalue weighted by molar-refractivity contribution is 6.33. The number of aryl methyl sites for hydroxylation is 1. The first-order valence-corrected chi connectivity index (χ1v) is 6.64. The molecule has 0 radical (unpaired) electrons. The standard InChI is InChI=1S/C15H14ClN3O2/c1-9-3-2-4-10(5-9)6-13(20)19-15-12(16)7-11(8-18-15)14(17)21/h2-5,7-8H,6H2,1H3,(H2,17,21)(H,18,19,20). The molecule has 0 atom stereocenters. The number of hydrogen-bond donors (Lipinski definition) is 2. The maximum absolute atomic E-state index is 12.0. The second-order valence-corrected chi connectivity index (χ2v) is 5.04. The van der Waals surface area contributed by atoms with Crippen LogP contribution in [0.5, 0.6) is 0 Å². The number of amides is 2. The lowest BCUT2D eigenvalue weighted by molar-refractivity contribution is -0.115. The van der Waals surface area contributed by atoms with Gasteiger partial charge in [-0.25, -0.2) is 4.98 Å². The Hall–Kier alpha value is -2.40. The van der Waals surface area contributed by atoms with Crippen molar-refractivity contribution in [2.75, 3.05) is 5.32 Å². The van der Waals surface area contributed by atoms with Crippen LogP contribution in [0.2, 0.25) is 5.02 Å². The second-order valence-electron chi connectivity index (χ2n) is 4.63. The van der Waals surface area contributed by atoms with Crippen molar-refractivity contribution in [1.29, 1.82) is 0 Å². The summed E-state index contributed by atoms with van der Waals surface area (Å²) >= 11 is 5.96. The van der Waals surface area contributed by atoms with Crippen LogP contribution in [0.25, 0.3) is 0 Å². The Kier molecular flexibility index (Phi) is 4.55. The number of primary amides is 1. The van der Waals surface area contributed by atoms with Crippen LogP contribution < -0.4 is 11.1 Å². The first kappa shape index (κ1) is 15.0. The van der Waals surface area contributed by atoms with Gasteiger partial charge in [0.25, 0.3) is 0 Å². The summed E-state index contributed by atoms with van der Waals surface area (Å²) < 4.78 is 0. The number of carbonyl (C=O) groups is 2. The fourth-order valence-electron chi connectivity index (χ4n) is 1.85. The molecule has 0 saturated carbocycles. The quantitative estimate of drug-likeness (QED) is 0.909. The van der Waals surface area contributed by atoms with Crippen LogP contribution in [0, 0.1) is 6.92 Å². The van der Waals surface area contributed by atoms with Gasteiger partial charge in [0, 0.05) is 6.20 Å². The topological polar surface area (TPSA) is 85.1 Å². The third-order valence-corrected chi connectivity index (χ3v) is 3.12. The van der Waals surface area contributed by atoms with Crippen LogP contribution in [0.15, 0.2) is 36.5 Å². The van der Waals surface area contributed by atoms with Gasteiger partial charge >= 0.3 is 0 Å².